The fourth-order valence-corrected chi connectivity index (χ4v) is 0.597. The third-order valence-electron chi connectivity index (χ3n) is 0.887. The zero-order valence-corrected chi connectivity index (χ0v) is 4.83. The second kappa shape index (κ2) is 1.81. The van der Waals surface area contributed by atoms with Gasteiger partial charge in [0.25, 0.3) is 0 Å². The Balaban J connectivity index is 3.17. The van der Waals surface area contributed by atoms with Gasteiger partial charge in [0.05, 0.1) is 0 Å². The van der Waals surface area contributed by atoms with Crippen molar-refractivity contribution in [3.8, 4) is 0 Å². The molecule has 1 aromatic rings. The van der Waals surface area contributed by atoms with Gasteiger partial charge in [-0.15, -0.1) is 0 Å². The molecule has 0 atom stereocenters. The molecular weight excluding hydrogens is 116 g/mol. The molecule has 0 aliphatic rings. The first kappa shape index (κ1) is 5.68. The van der Waals surface area contributed by atoms with Crippen LogP contribution in [0.3, 0.4) is 0 Å². The molecule has 1 heterocycles. The number of aromatic nitrogens is 1. The van der Waals surface area contributed by atoms with Gasteiger partial charge in [-0.25, -0.2) is 4.98 Å². The lowest BCUT2D eigenvalue weighted by atomic mass is 10.4. The van der Waals surface area contributed by atoms with Gasteiger partial charge in [0.2, 0.25) is 0 Å². The van der Waals surface area contributed by atoms with Crippen molar-refractivity contribution in [2.45, 2.75) is 0 Å². The summed E-state index contributed by atoms with van der Waals surface area (Å²) in [5.41, 5.74) is 16.5. The Morgan fingerprint density at radius 2 is 1.44 bits per heavy atom. The number of anilines is 3. The Morgan fingerprint density at radius 3 is 1.78 bits per heavy atom. The number of nitrogens with two attached hydrogens (primary N) is 3. The number of hydrogen-bond donors (Lipinski definition) is 3. The van der Waals surface area contributed by atoms with Gasteiger partial charge in [-0.2, -0.15) is 0 Å². The minimum absolute atomic E-state index is 0.354. The van der Waals surface area contributed by atoms with E-state index >= 15 is 0 Å². The Bertz CT molecular complexity index is 170. The quantitative estimate of drug-likeness (QED) is 0.447. The summed E-state index contributed by atoms with van der Waals surface area (Å²) in [5.74, 6) is 0.708. The van der Waals surface area contributed by atoms with Gasteiger partial charge in [0.1, 0.15) is 11.6 Å². The first-order valence-corrected chi connectivity index (χ1v) is 2.47. The lowest BCUT2D eigenvalue weighted by molar-refractivity contribution is 1.35. The highest BCUT2D eigenvalue weighted by Crippen LogP contribution is 2.09. The number of pyridine rings is 1. The number of nitrogen functional groups attached to an aromatic ring is 3. The largest absolute Gasteiger partial charge is 0.399 e. The first-order chi connectivity index (χ1) is 4.18. The molecule has 48 valence electrons. The highest BCUT2D eigenvalue weighted by Gasteiger charge is 1.90. The molecule has 0 bridgehead atoms. The van der Waals surface area contributed by atoms with Crippen LogP contribution >= 0.6 is 0 Å². The standard InChI is InChI=1S/C5H8N4/c6-3-1-4(7)9-5(8)2-3/h1-2H,(H6,6,7,8,9). The molecule has 9 heavy (non-hydrogen) atoms. The van der Waals surface area contributed by atoms with Crippen molar-refractivity contribution in [3.05, 3.63) is 12.1 Å². The Kier molecular flexibility index (Phi) is 1.14. The molecule has 0 aromatic carbocycles. The van der Waals surface area contributed by atoms with Gasteiger partial charge < -0.3 is 17.2 Å². The molecule has 0 aliphatic heterocycles. The number of rotatable bonds is 0. The van der Waals surface area contributed by atoms with Crippen LogP contribution in [0.4, 0.5) is 17.3 Å². The molecule has 0 unspecified atom stereocenters. The average Bonchev–Trinajstić information content (AvgIpc) is 1.59. The highest BCUT2D eigenvalue weighted by molar-refractivity contribution is 5.54. The monoisotopic (exact) mass is 124 g/mol. The van der Waals surface area contributed by atoms with Crippen LogP contribution in [0.2, 0.25) is 0 Å². The van der Waals surface area contributed by atoms with E-state index in [1.165, 1.54) is 0 Å². The molecule has 1 aromatic heterocycles. The van der Waals surface area contributed by atoms with E-state index in [1.807, 2.05) is 0 Å². The zero-order chi connectivity index (χ0) is 6.85. The molecule has 0 fully saturated rings. The molecule has 0 amide bonds. The molecule has 0 spiro atoms. The molecule has 1 rings (SSSR count). The van der Waals surface area contributed by atoms with Crippen molar-refractivity contribution in [1.29, 1.82) is 0 Å². The summed E-state index contributed by atoms with van der Waals surface area (Å²) in [6.45, 7) is 0. The smallest absolute Gasteiger partial charge is 0.127 e. The normalized spacial score (nSPS) is 9.33. The predicted octanol–water partition coefficient (Wildman–Crippen LogP) is -0.172. The summed E-state index contributed by atoms with van der Waals surface area (Å²) in [4.78, 5) is 3.71. The summed E-state index contributed by atoms with van der Waals surface area (Å²) in [5, 5.41) is 0. The van der Waals surface area contributed by atoms with Gasteiger partial charge in [-0.1, -0.05) is 0 Å². The Hall–Kier alpha value is -1.45. The maximum absolute atomic E-state index is 5.36. The van der Waals surface area contributed by atoms with E-state index in [1.54, 1.807) is 12.1 Å². The van der Waals surface area contributed by atoms with Crippen molar-refractivity contribution in [2.24, 2.45) is 0 Å². The van der Waals surface area contributed by atoms with Crippen molar-refractivity contribution >= 4 is 17.3 Å². The fraction of sp³-hybridized carbons (Fsp3) is 0. The maximum atomic E-state index is 5.36. The topological polar surface area (TPSA) is 91.0 Å². The summed E-state index contributed by atoms with van der Waals surface area (Å²) in [7, 11) is 0. The van der Waals surface area contributed by atoms with Crippen LogP contribution in [-0.2, 0) is 0 Å². The van der Waals surface area contributed by atoms with Crippen LogP contribution in [0.15, 0.2) is 12.1 Å². The van der Waals surface area contributed by atoms with E-state index in [2.05, 4.69) is 4.98 Å². The Morgan fingerprint density at radius 1 is 1.00 bits per heavy atom. The van der Waals surface area contributed by atoms with E-state index in [0.717, 1.165) is 0 Å². The summed E-state index contributed by atoms with van der Waals surface area (Å²) in [6, 6.07) is 3.10. The first-order valence-electron chi connectivity index (χ1n) is 2.47. The fourth-order valence-electron chi connectivity index (χ4n) is 0.597. The molecule has 0 aliphatic carbocycles. The van der Waals surface area contributed by atoms with Crippen LogP contribution < -0.4 is 17.2 Å². The molecule has 0 radical (unpaired) electrons. The SMILES string of the molecule is Nc1cc(N)nc(N)c1. The lowest BCUT2D eigenvalue weighted by Gasteiger charge is -1.96. The van der Waals surface area contributed by atoms with Crippen LogP contribution in [0.1, 0.15) is 0 Å². The summed E-state index contributed by atoms with van der Waals surface area (Å²) >= 11 is 0. The van der Waals surface area contributed by atoms with Gasteiger partial charge in [0, 0.05) is 17.8 Å². The second-order valence-electron chi connectivity index (χ2n) is 1.75. The minimum atomic E-state index is 0.354. The van der Waals surface area contributed by atoms with Gasteiger partial charge >= 0.3 is 0 Å². The molecule has 6 N–H and O–H groups in total. The van der Waals surface area contributed by atoms with Crippen LogP contribution in [0, 0.1) is 0 Å². The van der Waals surface area contributed by atoms with Gasteiger partial charge in [-0.3, -0.25) is 0 Å². The van der Waals surface area contributed by atoms with Gasteiger partial charge in [0.15, 0.2) is 0 Å². The van der Waals surface area contributed by atoms with Gasteiger partial charge in [-0.05, 0) is 0 Å². The van der Waals surface area contributed by atoms with E-state index in [9.17, 15) is 0 Å². The zero-order valence-electron chi connectivity index (χ0n) is 4.83. The van der Waals surface area contributed by atoms with Crippen LogP contribution in [0.25, 0.3) is 0 Å². The molecule has 0 saturated carbocycles. The van der Waals surface area contributed by atoms with E-state index in [0.29, 0.717) is 17.3 Å². The second-order valence-corrected chi connectivity index (χ2v) is 1.75. The Labute approximate surface area is 52.7 Å². The van der Waals surface area contributed by atoms with Crippen molar-refractivity contribution in [2.75, 3.05) is 17.2 Å². The van der Waals surface area contributed by atoms with Crippen molar-refractivity contribution in [1.82, 2.24) is 4.98 Å². The molecule has 4 heteroatoms. The van der Waals surface area contributed by atoms with Crippen LogP contribution in [-0.4, -0.2) is 4.98 Å². The summed E-state index contributed by atoms with van der Waals surface area (Å²) in [6.07, 6.45) is 0. The minimum Gasteiger partial charge on any atom is -0.399 e. The summed E-state index contributed by atoms with van der Waals surface area (Å²) < 4.78 is 0. The average molecular weight is 124 g/mol. The number of hydrogen-bond acceptors (Lipinski definition) is 4. The predicted molar refractivity (Wildman–Crippen MR) is 37.5 cm³/mol. The van der Waals surface area contributed by atoms with Crippen LogP contribution in [0.5, 0.6) is 0 Å². The van der Waals surface area contributed by atoms with E-state index < -0.39 is 0 Å². The van der Waals surface area contributed by atoms with E-state index in [4.69, 9.17) is 17.2 Å². The highest BCUT2D eigenvalue weighted by atomic mass is 14.9. The van der Waals surface area contributed by atoms with Crippen molar-refractivity contribution < 1.29 is 0 Å². The third-order valence-corrected chi connectivity index (χ3v) is 0.887. The molecule has 4 nitrogen and oxygen atoms in total. The maximum Gasteiger partial charge on any atom is 0.127 e. The number of nitrogens with zero attached hydrogens (tertiary/aromatic N) is 1. The van der Waals surface area contributed by atoms with Crippen molar-refractivity contribution in [3.63, 3.8) is 0 Å². The van der Waals surface area contributed by atoms with E-state index in [-0.39, 0.29) is 0 Å². The molecule has 0 saturated heterocycles. The molecular formula is C5H8N4. The lowest BCUT2D eigenvalue weighted by Crippen LogP contribution is -1.97. The third kappa shape index (κ3) is 1.22.